The standard InChI is InChI=1S/C15H24O/c1-14(13-16)15-11-9-7-5-3-2-4-6-8-10-12-15/h7,9,11,13-14H,2-6,8,10,12H2,1H3/b9-7+,15-11+. The molecule has 1 atom stereocenters. The van der Waals surface area contributed by atoms with Crippen molar-refractivity contribution in [3.8, 4) is 0 Å². The van der Waals surface area contributed by atoms with Gasteiger partial charge in [0.1, 0.15) is 6.29 Å². The summed E-state index contributed by atoms with van der Waals surface area (Å²) in [7, 11) is 0. The Morgan fingerprint density at radius 3 is 2.56 bits per heavy atom. The molecule has 0 aromatic carbocycles. The quantitative estimate of drug-likeness (QED) is 0.629. The van der Waals surface area contributed by atoms with E-state index in [1.165, 1.54) is 50.5 Å². The van der Waals surface area contributed by atoms with Gasteiger partial charge in [0.05, 0.1) is 0 Å². The fraction of sp³-hybridized carbons (Fsp3) is 0.667. The van der Waals surface area contributed by atoms with Crippen LogP contribution in [0, 0.1) is 5.92 Å². The van der Waals surface area contributed by atoms with Gasteiger partial charge in [0.2, 0.25) is 0 Å². The van der Waals surface area contributed by atoms with Crippen molar-refractivity contribution in [1.29, 1.82) is 0 Å². The normalized spacial score (nSPS) is 26.7. The SMILES string of the molecule is CC(C=O)/C1=C/C=C/CCCCCCCC1. The molecule has 0 aliphatic heterocycles. The Kier molecular flexibility index (Phi) is 6.87. The first-order chi connectivity index (χ1) is 7.84. The third-order valence-corrected chi connectivity index (χ3v) is 3.32. The zero-order chi connectivity index (χ0) is 11.6. The van der Waals surface area contributed by atoms with E-state index >= 15 is 0 Å². The first-order valence-corrected chi connectivity index (χ1v) is 6.65. The Hall–Kier alpha value is -0.850. The van der Waals surface area contributed by atoms with Gasteiger partial charge in [-0.15, -0.1) is 0 Å². The van der Waals surface area contributed by atoms with Crippen molar-refractivity contribution in [2.24, 2.45) is 5.92 Å². The van der Waals surface area contributed by atoms with Crippen LogP contribution in [-0.2, 0) is 4.79 Å². The molecule has 90 valence electrons. The maximum absolute atomic E-state index is 10.8. The molecule has 1 aliphatic rings. The molecule has 1 heteroatoms. The van der Waals surface area contributed by atoms with Gasteiger partial charge < -0.3 is 4.79 Å². The molecule has 0 amide bonds. The minimum absolute atomic E-state index is 0.0904. The zero-order valence-electron chi connectivity index (χ0n) is 10.5. The molecule has 0 heterocycles. The van der Waals surface area contributed by atoms with Crippen molar-refractivity contribution in [3.63, 3.8) is 0 Å². The van der Waals surface area contributed by atoms with Gasteiger partial charge in [0.15, 0.2) is 0 Å². The Balaban J connectivity index is 2.57. The first-order valence-electron chi connectivity index (χ1n) is 6.65. The van der Waals surface area contributed by atoms with Gasteiger partial charge in [-0.25, -0.2) is 0 Å². The summed E-state index contributed by atoms with van der Waals surface area (Å²) < 4.78 is 0. The van der Waals surface area contributed by atoms with Gasteiger partial charge in [-0.05, 0) is 25.7 Å². The summed E-state index contributed by atoms with van der Waals surface area (Å²) in [5, 5.41) is 0. The third kappa shape index (κ3) is 5.29. The van der Waals surface area contributed by atoms with Gasteiger partial charge in [-0.3, -0.25) is 0 Å². The van der Waals surface area contributed by atoms with Gasteiger partial charge in [-0.2, -0.15) is 0 Å². The number of aldehydes is 1. The molecular formula is C15H24O. The molecule has 0 aromatic heterocycles. The van der Waals surface area contributed by atoms with E-state index in [4.69, 9.17) is 0 Å². The fourth-order valence-corrected chi connectivity index (χ4v) is 2.14. The maximum atomic E-state index is 10.8. The van der Waals surface area contributed by atoms with E-state index < -0.39 is 0 Å². The Morgan fingerprint density at radius 2 is 1.81 bits per heavy atom. The summed E-state index contributed by atoms with van der Waals surface area (Å²) in [5.41, 5.74) is 1.30. The number of carbonyl (C=O) groups excluding carboxylic acids is 1. The van der Waals surface area contributed by atoms with E-state index in [1.54, 1.807) is 0 Å². The lowest BCUT2D eigenvalue weighted by Gasteiger charge is -2.10. The fourth-order valence-electron chi connectivity index (χ4n) is 2.14. The second kappa shape index (κ2) is 8.32. The van der Waals surface area contributed by atoms with Gasteiger partial charge in [-0.1, -0.05) is 56.4 Å². The van der Waals surface area contributed by atoms with Crippen LogP contribution in [0.4, 0.5) is 0 Å². The molecule has 0 radical (unpaired) electrons. The molecule has 1 nitrogen and oxygen atoms in total. The summed E-state index contributed by atoms with van der Waals surface area (Å²) >= 11 is 0. The average Bonchev–Trinajstić information content (AvgIpc) is 2.29. The predicted molar refractivity (Wildman–Crippen MR) is 69.4 cm³/mol. The maximum Gasteiger partial charge on any atom is 0.126 e. The molecule has 0 N–H and O–H groups in total. The van der Waals surface area contributed by atoms with Crippen LogP contribution in [0.5, 0.6) is 0 Å². The predicted octanol–water partition coefficient (Wildman–Crippen LogP) is 4.44. The minimum atomic E-state index is 0.0904. The van der Waals surface area contributed by atoms with Crippen LogP contribution < -0.4 is 0 Å². The molecular weight excluding hydrogens is 196 g/mol. The summed E-state index contributed by atoms with van der Waals surface area (Å²) in [5.74, 6) is 0.0904. The first kappa shape index (κ1) is 13.2. The lowest BCUT2D eigenvalue weighted by atomic mass is 9.95. The Bertz CT molecular complexity index is 250. The monoisotopic (exact) mass is 220 g/mol. The molecule has 0 saturated heterocycles. The second-order valence-electron chi connectivity index (χ2n) is 4.75. The number of rotatable bonds is 2. The number of allylic oxidation sites excluding steroid dienone is 4. The van der Waals surface area contributed by atoms with Gasteiger partial charge >= 0.3 is 0 Å². The molecule has 0 aromatic rings. The smallest absolute Gasteiger partial charge is 0.126 e. The Morgan fingerprint density at radius 1 is 1.12 bits per heavy atom. The van der Waals surface area contributed by atoms with Crippen LogP contribution in [0.15, 0.2) is 23.8 Å². The van der Waals surface area contributed by atoms with Crippen molar-refractivity contribution in [1.82, 2.24) is 0 Å². The molecule has 0 spiro atoms. The highest BCUT2D eigenvalue weighted by molar-refractivity contribution is 5.58. The lowest BCUT2D eigenvalue weighted by Crippen LogP contribution is -2.01. The van der Waals surface area contributed by atoms with Crippen LogP contribution in [0.25, 0.3) is 0 Å². The number of carbonyl (C=O) groups is 1. The average molecular weight is 220 g/mol. The summed E-state index contributed by atoms with van der Waals surface area (Å²) in [6.45, 7) is 2.00. The van der Waals surface area contributed by atoms with Crippen molar-refractivity contribution < 1.29 is 4.79 Å². The summed E-state index contributed by atoms with van der Waals surface area (Å²) in [6.07, 6.45) is 17.8. The molecule has 0 bridgehead atoms. The van der Waals surface area contributed by atoms with E-state index in [2.05, 4.69) is 18.2 Å². The molecule has 0 saturated carbocycles. The molecule has 1 rings (SSSR count). The highest BCUT2D eigenvalue weighted by atomic mass is 16.1. The number of hydrogen-bond donors (Lipinski definition) is 0. The van der Waals surface area contributed by atoms with E-state index in [0.29, 0.717) is 0 Å². The van der Waals surface area contributed by atoms with Gasteiger partial charge in [0.25, 0.3) is 0 Å². The topological polar surface area (TPSA) is 17.1 Å². The zero-order valence-corrected chi connectivity index (χ0v) is 10.5. The van der Waals surface area contributed by atoms with Crippen LogP contribution in [-0.4, -0.2) is 6.29 Å². The largest absolute Gasteiger partial charge is 0.303 e. The van der Waals surface area contributed by atoms with Crippen molar-refractivity contribution in [2.75, 3.05) is 0 Å². The molecule has 0 fully saturated rings. The van der Waals surface area contributed by atoms with E-state index in [9.17, 15) is 4.79 Å². The van der Waals surface area contributed by atoms with Crippen LogP contribution in [0.2, 0.25) is 0 Å². The molecule has 1 aliphatic carbocycles. The van der Waals surface area contributed by atoms with Gasteiger partial charge in [0, 0.05) is 5.92 Å². The highest BCUT2D eigenvalue weighted by Crippen LogP contribution is 2.19. The Labute approximate surface area is 99.6 Å². The van der Waals surface area contributed by atoms with Crippen LogP contribution in [0.3, 0.4) is 0 Å². The lowest BCUT2D eigenvalue weighted by molar-refractivity contribution is -0.109. The van der Waals surface area contributed by atoms with E-state index in [1.807, 2.05) is 6.92 Å². The number of hydrogen-bond acceptors (Lipinski definition) is 1. The van der Waals surface area contributed by atoms with E-state index in [-0.39, 0.29) is 5.92 Å². The second-order valence-corrected chi connectivity index (χ2v) is 4.75. The summed E-state index contributed by atoms with van der Waals surface area (Å²) in [6, 6.07) is 0. The van der Waals surface area contributed by atoms with Crippen molar-refractivity contribution >= 4 is 6.29 Å². The highest BCUT2D eigenvalue weighted by Gasteiger charge is 2.06. The van der Waals surface area contributed by atoms with Crippen LogP contribution >= 0.6 is 0 Å². The third-order valence-electron chi connectivity index (χ3n) is 3.32. The molecule has 1 unspecified atom stereocenters. The van der Waals surface area contributed by atoms with Crippen molar-refractivity contribution in [3.05, 3.63) is 23.8 Å². The van der Waals surface area contributed by atoms with E-state index in [0.717, 1.165) is 12.7 Å². The minimum Gasteiger partial charge on any atom is -0.303 e. The molecule has 16 heavy (non-hydrogen) atoms. The van der Waals surface area contributed by atoms with Crippen LogP contribution in [0.1, 0.15) is 58.3 Å². The summed E-state index contributed by atoms with van der Waals surface area (Å²) in [4.78, 5) is 10.8. The van der Waals surface area contributed by atoms with Crippen molar-refractivity contribution in [2.45, 2.75) is 58.3 Å².